The quantitative estimate of drug-likeness (QED) is 0.512. The third-order valence-electron chi connectivity index (χ3n) is 2.40. The van der Waals surface area contributed by atoms with Gasteiger partial charge in [-0.1, -0.05) is 0 Å². The van der Waals surface area contributed by atoms with E-state index in [1.165, 1.54) is 24.4 Å². The van der Waals surface area contributed by atoms with Crippen LogP contribution in [0.25, 0.3) is 5.69 Å². The number of rotatable bonds is 4. The van der Waals surface area contributed by atoms with Crippen LogP contribution in [-0.4, -0.2) is 32.6 Å². The number of nitrogens with two attached hydrogens (primary N) is 1. The second-order valence-corrected chi connectivity index (χ2v) is 4.09. The van der Waals surface area contributed by atoms with Crippen LogP contribution in [0, 0.1) is 5.82 Å². The van der Waals surface area contributed by atoms with Gasteiger partial charge in [0.15, 0.2) is 11.5 Å². The van der Waals surface area contributed by atoms with Crippen molar-refractivity contribution in [1.82, 2.24) is 9.78 Å². The summed E-state index contributed by atoms with van der Waals surface area (Å²) < 4.78 is 15.1. The lowest BCUT2D eigenvalue weighted by atomic mass is 10.2. The summed E-state index contributed by atoms with van der Waals surface area (Å²) in [5.41, 5.74) is 5.71. The Morgan fingerprint density at radius 3 is 2.80 bits per heavy atom. The van der Waals surface area contributed by atoms with Crippen molar-refractivity contribution in [3.05, 3.63) is 42.0 Å². The van der Waals surface area contributed by atoms with Crippen LogP contribution < -0.4 is 5.73 Å². The van der Waals surface area contributed by atoms with Crippen LogP contribution in [0.1, 0.15) is 10.5 Å². The van der Waals surface area contributed by atoms with E-state index >= 15 is 0 Å². The Morgan fingerprint density at radius 1 is 1.50 bits per heavy atom. The maximum absolute atomic E-state index is 13.9. The Hall–Kier alpha value is -2.41. The largest absolute Gasteiger partial charge is 0.476 e. The Bertz CT molecular complexity index is 684. The Labute approximate surface area is 118 Å². The van der Waals surface area contributed by atoms with E-state index in [9.17, 15) is 9.18 Å². The molecule has 0 unspecified atom stereocenters. The predicted molar refractivity (Wildman–Crippen MR) is 72.5 cm³/mol. The highest BCUT2D eigenvalue weighted by atomic mass is 35.5. The van der Waals surface area contributed by atoms with Crippen molar-refractivity contribution in [3.63, 3.8) is 0 Å². The summed E-state index contributed by atoms with van der Waals surface area (Å²) in [6.07, 6.45) is 1.36. The molecule has 0 spiro atoms. The highest BCUT2D eigenvalue weighted by Crippen LogP contribution is 2.20. The average Bonchev–Trinajstić information content (AvgIpc) is 2.88. The van der Waals surface area contributed by atoms with Crippen LogP contribution in [0.2, 0.25) is 0 Å². The summed E-state index contributed by atoms with van der Waals surface area (Å²) in [4.78, 5) is 14.6. The second kappa shape index (κ2) is 5.70. The smallest absolute Gasteiger partial charge is 0.356 e. The molecule has 0 radical (unpaired) electrons. The summed E-state index contributed by atoms with van der Waals surface area (Å²) in [6.45, 7) is 0. The molecule has 0 atom stereocenters. The number of hydrogen-bond acceptors (Lipinski definition) is 3. The lowest BCUT2D eigenvalue weighted by Crippen LogP contribution is -2.12. The van der Waals surface area contributed by atoms with E-state index in [1.54, 1.807) is 0 Å². The lowest BCUT2D eigenvalue weighted by molar-refractivity contribution is 0.0690. The molecule has 0 fully saturated rings. The zero-order chi connectivity index (χ0) is 14.7. The fourth-order valence-corrected chi connectivity index (χ4v) is 1.58. The molecular weight excluding hydrogens is 287 g/mol. The molecular formula is C12H10ClFN4O2. The number of benzene rings is 1. The van der Waals surface area contributed by atoms with Gasteiger partial charge in [0.05, 0.1) is 11.6 Å². The molecule has 0 saturated carbocycles. The molecule has 104 valence electrons. The van der Waals surface area contributed by atoms with Crippen LogP contribution >= 0.6 is 11.6 Å². The average molecular weight is 297 g/mol. The maximum atomic E-state index is 13.9. The number of nitrogens with zero attached hydrogens (tertiary/aromatic N) is 3. The standard InChI is InChI=1S/C12H10ClFN4O2/c13-6-11(15)16-7-1-2-10(8(14)5-7)18-4-3-9(17-18)12(19)20/h1-5H,6H2,(H2,15,16)(H,19,20). The first-order valence-corrected chi connectivity index (χ1v) is 6.02. The van der Waals surface area contributed by atoms with E-state index in [1.807, 2.05) is 0 Å². The number of aromatic carboxylic acids is 1. The molecule has 3 N–H and O–H groups in total. The molecule has 20 heavy (non-hydrogen) atoms. The number of alkyl halides is 1. The van der Waals surface area contributed by atoms with E-state index in [0.717, 1.165) is 10.7 Å². The third kappa shape index (κ3) is 2.94. The van der Waals surface area contributed by atoms with Gasteiger partial charge in [-0.3, -0.25) is 0 Å². The summed E-state index contributed by atoms with van der Waals surface area (Å²) in [7, 11) is 0. The number of carboxylic acid groups (broad SMARTS) is 1. The van der Waals surface area contributed by atoms with Gasteiger partial charge in [-0.05, 0) is 18.2 Å². The number of amidine groups is 1. The van der Waals surface area contributed by atoms with Gasteiger partial charge in [-0.2, -0.15) is 5.10 Å². The molecule has 0 aliphatic rings. The number of halogens is 2. The van der Waals surface area contributed by atoms with Gasteiger partial charge in [0, 0.05) is 12.3 Å². The fourth-order valence-electron chi connectivity index (χ4n) is 1.52. The van der Waals surface area contributed by atoms with Crippen molar-refractivity contribution < 1.29 is 14.3 Å². The Kier molecular flexibility index (Phi) is 3.99. The van der Waals surface area contributed by atoms with Crippen molar-refractivity contribution in [3.8, 4) is 5.69 Å². The number of carboxylic acids is 1. The molecule has 8 heteroatoms. The molecule has 0 bridgehead atoms. The highest BCUT2D eigenvalue weighted by molar-refractivity contribution is 6.28. The minimum Gasteiger partial charge on any atom is -0.476 e. The molecule has 0 saturated heterocycles. The number of aliphatic imine (C=N–C) groups is 1. The van der Waals surface area contributed by atoms with Gasteiger partial charge in [-0.15, -0.1) is 11.6 Å². The van der Waals surface area contributed by atoms with Crippen molar-refractivity contribution in [2.24, 2.45) is 10.7 Å². The van der Waals surface area contributed by atoms with Gasteiger partial charge in [0.1, 0.15) is 11.5 Å². The minimum absolute atomic E-state index is 0.0461. The summed E-state index contributed by atoms with van der Waals surface area (Å²) in [6, 6.07) is 5.39. The second-order valence-electron chi connectivity index (χ2n) is 3.82. The molecule has 1 heterocycles. The first-order valence-electron chi connectivity index (χ1n) is 5.49. The number of hydrogen-bond donors (Lipinski definition) is 2. The van der Waals surface area contributed by atoms with Crippen molar-refractivity contribution in [2.45, 2.75) is 0 Å². The molecule has 2 rings (SSSR count). The summed E-state index contributed by atoms with van der Waals surface area (Å²) in [5, 5.41) is 12.5. The van der Waals surface area contributed by atoms with Crippen molar-refractivity contribution in [1.29, 1.82) is 0 Å². The van der Waals surface area contributed by atoms with E-state index in [-0.39, 0.29) is 23.1 Å². The zero-order valence-electron chi connectivity index (χ0n) is 10.1. The molecule has 6 nitrogen and oxygen atoms in total. The SMILES string of the molecule is NC(CCl)=Nc1ccc(-n2ccc(C(=O)O)n2)c(F)c1. The lowest BCUT2D eigenvalue weighted by Gasteiger charge is -2.04. The van der Waals surface area contributed by atoms with E-state index in [2.05, 4.69) is 10.1 Å². The number of carbonyl (C=O) groups is 1. The highest BCUT2D eigenvalue weighted by Gasteiger charge is 2.11. The van der Waals surface area contributed by atoms with Gasteiger partial charge in [0.2, 0.25) is 0 Å². The van der Waals surface area contributed by atoms with E-state index in [4.69, 9.17) is 22.4 Å². The third-order valence-corrected chi connectivity index (χ3v) is 2.67. The van der Waals surface area contributed by atoms with Gasteiger partial charge in [0.25, 0.3) is 0 Å². The molecule has 0 amide bonds. The Balaban J connectivity index is 2.36. The maximum Gasteiger partial charge on any atom is 0.356 e. The zero-order valence-corrected chi connectivity index (χ0v) is 10.9. The molecule has 0 aliphatic carbocycles. The summed E-state index contributed by atoms with van der Waals surface area (Å²) in [5.74, 6) is -1.56. The van der Waals surface area contributed by atoms with Gasteiger partial charge < -0.3 is 10.8 Å². The topological polar surface area (TPSA) is 93.5 Å². The number of aromatic nitrogens is 2. The van der Waals surface area contributed by atoms with Crippen LogP contribution in [0.4, 0.5) is 10.1 Å². The monoisotopic (exact) mass is 296 g/mol. The van der Waals surface area contributed by atoms with Crippen molar-refractivity contribution in [2.75, 3.05) is 5.88 Å². The fraction of sp³-hybridized carbons (Fsp3) is 0.0833. The van der Waals surface area contributed by atoms with Gasteiger partial charge in [-0.25, -0.2) is 18.9 Å². The van der Waals surface area contributed by atoms with Crippen LogP contribution in [0.5, 0.6) is 0 Å². The van der Waals surface area contributed by atoms with Gasteiger partial charge >= 0.3 is 5.97 Å². The minimum atomic E-state index is -1.18. The van der Waals surface area contributed by atoms with Crippen LogP contribution in [0.3, 0.4) is 0 Å². The molecule has 1 aromatic carbocycles. The summed E-state index contributed by atoms with van der Waals surface area (Å²) >= 11 is 5.48. The van der Waals surface area contributed by atoms with Crippen LogP contribution in [-0.2, 0) is 0 Å². The predicted octanol–water partition coefficient (Wildman–Crippen LogP) is 1.94. The van der Waals surface area contributed by atoms with E-state index < -0.39 is 11.8 Å². The molecule has 0 aliphatic heterocycles. The van der Waals surface area contributed by atoms with E-state index in [0.29, 0.717) is 5.69 Å². The first-order chi connectivity index (χ1) is 9.51. The molecule has 2 aromatic rings. The first kappa shape index (κ1) is 14.0. The normalized spacial score (nSPS) is 11.6. The van der Waals surface area contributed by atoms with Crippen molar-refractivity contribution >= 4 is 29.1 Å². The van der Waals surface area contributed by atoms with Crippen LogP contribution in [0.15, 0.2) is 35.5 Å². The molecule has 1 aromatic heterocycles. The Morgan fingerprint density at radius 2 is 2.25 bits per heavy atom.